The summed E-state index contributed by atoms with van der Waals surface area (Å²) in [6, 6.07) is 0. The third-order valence-corrected chi connectivity index (χ3v) is 4.47. The molecule has 122 valence electrons. The van der Waals surface area contributed by atoms with Crippen LogP contribution >= 0.6 is 0 Å². The quantitative estimate of drug-likeness (QED) is 0.706. The van der Waals surface area contributed by atoms with E-state index in [1.54, 1.807) is 13.8 Å². The highest BCUT2D eigenvalue weighted by Crippen LogP contribution is 2.33. The molecule has 0 radical (unpaired) electrons. The largest absolute Gasteiger partial charge is 0.456 e. The van der Waals surface area contributed by atoms with Gasteiger partial charge in [-0.05, 0) is 26.2 Å². The fourth-order valence-electron chi connectivity index (χ4n) is 2.23. The highest BCUT2D eigenvalue weighted by molar-refractivity contribution is 5.79. The van der Waals surface area contributed by atoms with Gasteiger partial charge in [-0.15, -0.1) is 0 Å². The molecular weight excluding hydrogens is 272 g/mol. The van der Waals surface area contributed by atoms with E-state index in [-0.39, 0.29) is 18.5 Å². The Labute approximate surface area is 127 Å². The molecule has 1 saturated heterocycles. The first-order valence-electron chi connectivity index (χ1n) is 7.70. The minimum Gasteiger partial charge on any atom is -0.456 e. The van der Waals surface area contributed by atoms with Crippen molar-refractivity contribution in [2.24, 2.45) is 11.3 Å². The lowest BCUT2D eigenvalue weighted by Gasteiger charge is -2.39. The van der Waals surface area contributed by atoms with Crippen LogP contribution in [-0.2, 0) is 23.8 Å². The van der Waals surface area contributed by atoms with Gasteiger partial charge in [0.05, 0.1) is 18.6 Å². The molecule has 0 saturated carbocycles. The van der Waals surface area contributed by atoms with Crippen molar-refractivity contribution in [2.75, 3.05) is 19.8 Å². The van der Waals surface area contributed by atoms with Crippen LogP contribution in [0.1, 0.15) is 53.9 Å². The van der Waals surface area contributed by atoms with E-state index >= 15 is 0 Å². The highest BCUT2D eigenvalue weighted by atomic mass is 16.6. The smallest absolute Gasteiger partial charge is 0.344 e. The van der Waals surface area contributed by atoms with Crippen molar-refractivity contribution in [3.8, 4) is 0 Å². The van der Waals surface area contributed by atoms with E-state index in [4.69, 9.17) is 14.2 Å². The van der Waals surface area contributed by atoms with E-state index in [9.17, 15) is 9.59 Å². The molecule has 21 heavy (non-hydrogen) atoms. The van der Waals surface area contributed by atoms with E-state index in [2.05, 4.69) is 0 Å². The third kappa shape index (κ3) is 4.70. The summed E-state index contributed by atoms with van der Waals surface area (Å²) in [5, 5.41) is 0. The van der Waals surface area contributed by atoms with Crippen LogP contribution in [0.4, 0.5) is 0 Å². The van der Waals surface area contributed by atoms with Crippen molar-refractivity contribution >= 4 is 11.9 Å². The van der Waals surface area contributed by atoms with Gasteiger partial charge in [-0.2, -0.15) is 0 Å². The summed E-state index contributed by atoms with van der Waals surface area (Å²) >= 11 is 0. The molecule has 0 spiro atoms. The first-order chi connectivity index (χ1) is 9.73. The molecular formula is C16H28O5. The van der Waals surface area contributed by atoms with Crippen molar-refractivity contribution in [1.82, 2.24) is 0 Å². The van der Waals surface area contributed by atoms with Crippen LogP contribution in [0.2, 0.25) is 0 Å². The Balaban J connectivity index is 2.54. The summed E-state index contributed by atoms with van der Waals surface area (Å²) < 4.78 is 16.1. The molecule has 1 fully saturated rings. The van der Waals surface area contributed by atoms with Crippen molar-refractivity contribution in [2.45, 2.75) is 59.5 Å². The van der Waals surface area contributed by atoms with Gasteiger partial charge in [0.25, 0.3) is 0 Å². The lowest BCUT2D eigenvalue weighted by atomic mass is 9.83. The number of hydrogen-bond donors (Lipinski definition) is 0. The van der Waals surface area contributed by atoms with Crippen LogP contribution in [0.25, 0.3) is 0 Å². The molecule has 1 heterocycles. The number of carbonyl (C=O) groups excluding carboxylic acids is 2. The molecule has 0 amide bonds. The van der Waals surface area contributed by atoms with Crippen LogP contribution < -0.4 is 0 Å². The minimum atomic E-state index is -0.575. The zero-order valence-electron chi connectivity index (χ0n) is 13.9. The topological polar surface area (TPSA) is 61.8 Å². The van der Waals surface area contributed by atoms with Gasteiger partial charge in [-0.25, -0.2) is 4.79 Å². The first-order valence-corrected chi connectivity index (χ1v) is 7.70. The van der Waals surface area contributed by atoms with Gasteiger partial charge in [-0.3, -0.25) is 4.79 Å². The maximum absolute atomic E-state index is 12.0. The monoisotopic (exact) mass is 300 g/mol. The Morgan fingerprint density at radius 3 is 2.29 bits per heavy atom. The zero-order valence-corrected chi connectivity index (χ0v) is 13.9. The number of rotatable bonds is 6. The molecule has 1 aliphatic rings. The molecule has 0 atom stereocenters. The average Bonchev–Trinajstić information content (AvgIpc) is 2.45. The molecule has 5 heteroatoms. The van der Waals surface area contributed by atoms with E-state index in [1.807, 2.05) is 20.8 Å². The van der Waals surface area contributed by atoms with Gasteiger partial charge < -0.3 is 14.2 Å². The Kier molecular flexibility index (Phi) is 6.20. The first kappa shape index (κ1) is 18.0. The molecule has 5 nitrogen and oxygen atoms in total. The van der Waals surface area contributed by atoms with Crippen molar-refractivity contribution in [3.63, 3.8) is 0 Å². The van der Waals surface area contributed by atoms with E-state index in [0.717, 1.165) is 0 Å². The van der Waals surface area contributed by atoms with Gasteiger partial charge in [0, 0.05) is 12.8 Å². The number of esters is 2. The van der Waals surface area contributed by atoms with Gasteiger partial charge in [0.1, 0.15) is 5.60 Å². The maximum atomic E-state index is 12.0. The summed E-state index contributed by atoms with van der Waals surface area (Å²) in [6.07, 6.45) is 2.03. The van der Waals surface area contributed by atoms with Gasteiger partial charge in [0.15, 0.2) is 6.61 Å². The molecule has 0 unspecified atom stereocenters. The predicted molar refractivity (Wildman–Crippen MR) is 78.7 cm³/mol. The van der Waals surface area contributed by atoms with Gasteiger partial charge >= 0.3 is 11.9 Å². The molecule has 0 aliphatic carbocycles. The highest BCUT2D eigenvalue weighted by Gasteiger charge is 2.40. The van der Waals surface area contributed by atoms with Crippen LogP contribution in [0.5, 0.6) is 0 Å². The summed E-state index contributed by atoms with van der Waals surface area (Å²) in [7, 11) is 0. The summed E-state index contributed by atoms with van der Waals surface area (Å²) in [5.74, 6) is -0.647. The summed E-state index contributed by atoms with van der Waals surface area (Å²) in [5.41, 5.74) is -1.07. The van der Waals surface area contributed by atoms with Crippen LogP contribution in [0, 0.1) is 11.3 Å². The second-order valence-electron chi connectivity index (χ2n) is 6.62. The van der Waals surface area contributed by atoms with Crippen LogP contribution in [-0.4, -0.2) is 37.4 Å². The Bertz CT molecular complexity index is 367. The average molecular weight is 300 g/mol. The van der Waals surface area contributed by atoms with Gasteiger partial charge in [0.2, 0.25) is 0 Å². The number of ether oxygens (including phenoxy) is 3. The van der Waals surface area contributed by atoms with E-state index in [1.165, 1.54) is 0 Å². The summed E-state index contributed by atoms with van der Waals surface area (Å²) in [4.78, 5) is 23.9. The predicted octanol–water partition coefficient (Wildman–Crippen LogP) is 2.71. The second kappa shape index (κ2) is 7.25. The Hall–Kier alpha value is -1.10. The Morgan fingerprint density at radius 2 is 1.81 bits per heavy atom. The van der Waals surface area contributed by atoms with Gasteiger partial charge in [-0.1, -0.05) is 20.8 Å². The second-order valence-corrected chi connectivity index (χ2v) is 6.62. The van der Waals surface area contributed by atoms with Crippen LogP contribution in [0.15, 0.2) is 0 Å². The fourth-order valence-corrected chi connectivity index (χ4v) is 2.23. The molecule has 0 N–H and O–H groups in total. The fraction of sp³-hybridized carbons (Fsp3) is 0.875. The number of carbonyl (C=O) groups is 2. The standard InChI is InChI=1S/C16H28O5/c1-6-15(4,5)14(18)20-11-13(17)21-16(12(2)3)7-9-19-10-8-16/h12H,6-11H2,1-5H3. The SMILES string of the molecule is CCC(C)(C)C(=O)OCC(=O)OC1(C(C)C)CCOCC1. The molecule has 1 aliphatic heterocycles. The Morgan fingerprint density at radius 1 is 1.24 bits per heavy atom. The molecule has 0 aromatic carbocycles. The van der Waals surface area contributed by atoms with Crippen molar-refractivity contribution < 1.29 is 23.8 Å². The lowest BCUT2D eigenvalue weighted by Crippen LogP contribution is -2.46. The normalized spacial score (nSPS) is 18.4. The molecule has 0 aromatic rings. The lowest BCUT2D eigenvalue weighted by molar-refractivity contribution is -0.186. The van der Waals surface area contributed by atoms with E-state index < -0.39 is 17.0 Å². The van der Waals surface area contributed by atoms with Crippen molar-refractivity contribution in [3.05, 3.63) is 0 Å². The number of hydrogen-bond acceptors (Lipinski definition) is 5. The zero-order chi connectivity index (χ0) is 16.1. The minimum absolute atomic E-state index is 0.202. The summed E-state index contributed by atoms with van der Waals surface area (Å²) in [6.45, 7) is 10.4. The van der Waals surface area contributed by atoms with Crippen molar-refractivity contribution in [1.29, 1.82) is 0 Å². The molecule has 0 bridgehead atoms. The molecule has 1 rings (SSSR count). The maximum Gasteiger partial charge on any atom is 0.344 e. The third-order valence-electron chi connectivity index (χ3n) is 4.47. The van der Waals surface area contributed by atoms with E-state index in [0.29, 0.717) is 32.5 Å². The molecule has 0 aromatic heterocycles. The van der Waals surface area contributed by atoms with Crippen LogP contribution in [0.3, 0.4) is 0 Å².